The van der Waals surface area contributed by atoms with Gasteiger partial charge in [-0.2, -0.15) is 0 Å². The Morgan fingerprint density at radius 2 is 0.800 bits per heavy atom. The maximum atomic E-state index is 9.28. The van der Waals surface area contributed by atoms with E-state index < -0.39 is 37.6 Å². The highest BCUT2D eigenvalue weighted by Crippen LogP contribution is 2.20. The molecule has 0 aliphatic carbocycles. The monoisotopic (exact) mass is 226 g/mol. The lowest BCUT2D eigenvalue weighted by Gasteiger charge is -2.38. The molecule has 0 radical (unpaired) electrons. The molecule has 0 unspecified atom stereocenters. The Hall–Kier alpha value is -0.240. The van der Waals surface area contributed by atoms with Crippen molar-refractivity contribution in [3.05, 3.63) is 0 Å². The highest BCUT2D eigenvalue weighted by atomic mass is 16.4. The summed E-state index contributed by atoms with van der Waals surface area (Å²) < 4.78 is 0. The molecule has 6 N–H and O–H groups in total. The fourth-order valence-electron chi connectivity index (χ4n) is 0.689. The molecule has 0 bridgehead atoms. The average molecular weight is 226 g/mol. The minimum atomic E-state index is -2.30. The largest absolute Gasteiger partial charge is 0.393 e. The van der Waals surface area contributed by atoms with E-state index in [1.807, 2.05) is 0 Å². The quantitative estimate of drug-likeness (QED) is 0.317. The van der Waals surface area contributed by atoms with Gasteiger partial charge in [-0.1, -0.05) is 20.3 Å². The first-order valence-corrected chi connectivity index (χ1v) is 4.79. The standard InChI is InChI=1S/C6H14O6.C3H8/c7-1-5(11,2-8)6(12,3-9)4-10;1-3-2/h7-12H,1-4H2;3H2,1-2H3. The molecule has 0 aliphatic heterocycles. The van der Waals surface area contributed by atoms with E-state index in [1.54, 1.807) is 0 Å². The van der Waals surface area contributed by atoms with E-state index in [1.165, 1.54) is 6.42 Å². The molecule has 6 heteroatoms. The third-order valence-corrected chi connectivity index (χ3v) is 1.91. The molecule has 0 aromatic rings. The Morgan fingerprint density at radius 1 is 0.667 bits per heavy atom. The summed E-state index contributed by atoms with van der Waals surface area (Å²) in [5.41, 5.74) is -4.59. The molecule has 6 nitrogen and oxygen atoms in total. The summed E-state index contributed by atoms with van der Waals surface area (Å²) in [7, 11) is 0. The van der Waals surface area contributed by atoms with E-state index >= 15 is 0 Å². The number of hydrogen-bond donors (Lipinski definition) is 6. The summed E-state index contributed by atoms with van der Waals surface area (Å²) in [4.78, 5) is 0. The maximum Gasteiger partial charge on any atom is 0.144 e. The van der Waals surface area contributed by atoms with Crippen molar-refractivity contribution in [3.8, 4) is 0 Å². The first-order valence-electron chi connectivity index (χ1n) is 4.79. The first kappa shape index (κ1) is 17.2. The summed E-state index contributed by atoms with van der Waals surface area (Å²) >= 11 is 0. The van der Waals surface area contributed by atoms with Crippen molar-refractivity contribution in [2.24, 2.45) is 0 Å². The predicted molar refractivity (Wildman–Crippen MR) is 54.2 cm³/mol. The summed E-state index contributed by atoms with van der Waals surface area (Å²) in [5.74, 6) is 0. The fraction of sp³-hybridized carbons (Fsp3) is 1.00. The summed E-state index contributed by atoms with van der Waals surface area (Å²) in [6.07, 6.45) is 1.25. The third-order valence-electron chi connectivity index (χ3n) is 1.91. The molecule has 0 amide bonds. The zero-order valence-corrected chi connectivity index (χ0v) is 9.22. The van der Waals surface area contributed by atoms with Crippen LogP contribution < -0.4 is 0 Å². The van der Waals surface area contributed by atoms with E-state index in [0.717, 1.165) is 0 Å². The van der Waals surface area contributed by atoms with Gasteiger partial charge >= 0.3 is 0 Å². The van der Waals surface area contributed by atoms with Crippen molar-refractivity contribution in [3.63, 3.8) is 0 Å². The Morgan fingerprint density at radius 3 is 0.867 bits per heavy atom. The van der Waals surface area contributed by atoms with Crippen LogP contribution in [0.25, 0.3) is 0 Å². The van der Waals surface area contributed by atoms with Crippen LogP contribution in [0.2, 0.25) is 0 Å². The van der Waals surface area contributed by atoms with Crippen molar-refractivity contribution in [1.82, 2.24) is 0 Å². The normalized spacial score (nSPS) is 12.0. The van der Waals surface area contributed by atoms with Crippen molar-refractivity contribution < 1.29 is 30.6 Å². The number of rotatable bonds is 5. The molecule has 0 heterocycles. The van der Waals surface area contributed by atoms with E-state index in [-0.39, 0.29) is 0 Å². The SMILES string of the molecule is CCC.OCC(O)(CO)C(O)(CO)CO. The van der Waals surface area contributed by atoms with E-state index in [2.05, 4.69) is 13.8 Å². The van der Waals surface area contributed by atoms with Crippen LogP contribution in [0.1, 0.15) is 20.3 Å². The third kappa shape index (κ3) is 4.42. The van der Waals surface area contributed by atoms with E-state index in [0.29, 0.717) is 0 Å². The van der Waals surface area contributed by atoms with Gasteiger partial charge in [-0.15, -0.1) is 0 Å². The topological polar surface area (TPSA) is 121 Å². The van der Waals surface area contributed by atoms with Gasteiger partial charge in [-0.25, -0.2) is 0 Å². The van der Waals surface area contributed by atoms with E-state index in [9.17, 15) is 10.2 Å². The van der Waals surface area contributed by atoms with Gasteiger partial charge in [-0.05, 0) is 0 Å². The second-order valence-corrected chi connectivity index (χ2v) is 3.40. The lowest BCUT2D eigenvalue weighted by Crippen LogP contribution is -2.63. The van der Waals surface area contributed by atoms with Gasteiger partial charge in [0.2, 0.25) is 0 Å². The Kier molecular flexibility index (Phi) is 9.13. The molecular weight excluding hydrogens is 204 g/mol. The molecule has 94 valence electrons. The smallest absolute Gasteiger partial charge is 0.144 e. The Bertz CT molecular complexity index is 126. The molecule has 0 atom stereocenters. The van der Waals surface area contributed by atoms with Crippen molar-refractivity contribution in [2.45, 2.75) is 31.5 Å². The molecule has 0 aromatic heterocycles. The number of aliphatic hydroxyl groups is 6. The van der Waals surface area contributed by atoms with Gasteiger partial charge in [0.1, 0.15) is 11.2 Å². The Labute approximate surface area is 89.4 Å². The van der Waals surface area contributed by atoms with Gasteiger partial charge in [0.25, 0.3) is 0 Å². The van der Waals surface area contributed by atoms with E-state index in [4.69, 9.17) is 20.4 Å². The summed E-state index contributed by atoms with van der Waals surface area (Å²) in [6, 6.07) is 0. The molecule has 0 fully saturated rings. The number of hydrogen-bond acceptors (Lipinski definition) is 6. The lowest BCUT2D eigenvalue weighted by molar-refractivity contribution is -0.219. The molecule has 0 aliphatic rings. The molecule has 0 spiro atoms. The summed E-state index contributed by atoms with van der Waals surface area (Å²) in [6.45, 7) is 0.421. The van der Waals surface area contributed by atoms with Crippen LogP contribution in [0.15, 0.2) is 0 Å². The van der Waals surface area contributed by atoms with Crippen LogP contribution in [-0.2, 0) is 0 Å². The van der Waals surface area contributed by atoms with Crippen LogP contribution >= 0.6 is 0 Å². The fourth-order valence-corrected chi connectivity index (χ4v) is 0.689. The zero-order valence-electron chi connectivity index (χ0n) is 9.22. The molecule has 0 rings (SSSR count). The molecule has 15 heavy (non-hydrogen) atoms. The molecule has 0 saturated carbocycles. The van der Waals surface area contributed by atoms with Crippen LogP contribution in [0.5, 0.6) is 0 Å². The van der Waals surface area contributed by atoms with Crippen molar-refractivity contribution in [1.29, 1.82) is 0 Å². The van der Waals surface area contributed by atoms with Crippen LogP contribution in [0.3, 0.4) is 0 Å². The second kappa shape index (κ2) is 7.98. The highest BCUT2D eigenvalue weighted by Gasteiger charge is 2.48. The Balaban J connectivity index is 0. The number of aliphatic hydroxyl groups excluding tert-OH is 4. The minimum Gasteiger partial charge on any atom is -0.393 e. The first-order chi connectivity index (χ1) is 6.91. The van der Waals surface area contributed by atoms with Crippen LogP contribution in [0.4, 0.5) is 0 Å². The molecule has 0 aromatic carbocycles. The van der Waals surface area contributed by atoms with Gasteiger partial charge in [-0.3, -0.25) is 0 Å². The van der Waals surface area contributed by atoms with Crippen LogP contribution in [0, 0.1) is 0 Å². The lowest BCUT2D eigenvalue weighted by atomic mass is 9.85. The maximum absolute atomic E-state index is 9.28. The second-order valence-electron chi connectivity index (χ2n) is 3.40. The average Bonchev–Trinajstić information content (AvgIpc) is 2.27. The molecule has 0 saturated heterocycles. The minimum absolute atomic E-state index is 0.957. The zero-order chi connectivity index (χ0) is 12.5. The van der Waals surface area contributed by atoms with Gasteiger partial charge in [0, 0.05) is 0 Å². The van der Waals surface area contributed by atoms with Crippen molar-refractivity contribution in [2.75, 3.05) is 26.4 Å². The molecular formula is C9H22O6. The predicted octanol–water partition coefficient (Wildman–Crippen LogP) is -2.17. The van der Waals surface area contributed by atoms with Crippen molar-refractivity contribution >= 4 is 0 Å². The van der Waals surface area contributed by atoms with Crippen LogP contribution in [-0.4, -0.2) is 68.3 Å². The summed E-state index contributed by atoms with van der Waals surface area (Å²) in [5, 5.41) is 52.9. The highest BCUT2D eigenvalue weighted by molar-refractivity contribution is 4.98. The van der Waals surface area contributed by atoms with Gasteiger partial charge in [0.05, 0.1) is 26.4 Å². The van der Waals surface area contributed by atoms with Gasteiger partial charge < -0.3 is 30.6 Å². The van der Waals surface area contributed by atoms with Gasteiger partial charge in [0.15, 0.2) is 0 Å².